The van der Waals surface area contributed by atoms with E-state index in [4.69, 9.17) is 4.52 Å². The fourth-order valence-electron chi connectivity index (χ4n) is 5.44. The summed E-state index contributed by atoms with van der Waals surface area (Å²) in [5.74, 6) is 1.15. The van der Waals surface area contributed by atoms with Crippen LogP contribution in [-0.2, 0) is 18.6 Å². The molecule has 0 radical (unpaired) electrons. The van der Waals surface area contributed by atoms with Gasteiger partial charge in [0.15, 0.2) is 5.82 Å². The molecule has 1 N–H and O–H groups in total. The molecular weight excluding hydrogens is 450 g/mol. The van der Waals surface area contributed by atoms with Gasteiger partial charge in [-0.2, -0.15) is 4.98 Å². The number of piperidine rings is 1. The number of fused-ring (bicyclic) bond motifs is 3. The first-order valence-electron chi connectivity index (χ1n) is 12.8. The van der Waals surface area contributed by atoms with Gasteiger partial charge in [0.1, 0.15) is 5.69 Å². The number of benzene rings is 2. The number of rotatable bonds is 7. The Balaban J connectivity index is 1.18. The predicted octanol–water partition coefficient (Wildman–Crippen LogP) is 5.18. The summed E-state index contributed by atoms with van der Waals surface area (Å²) in [5, 5.41) is 17.5. The van der Waals surface area contributed by atoms with Gasteiger partial charge in [0, 0.05) is 42.3 Å². The highest BCUT2D eigenvalue weighted by molar-refractivity contribution is 6.08. The Bertz CT molecular complexity index is 1480. The van der Waals surface area contributed by atoms with Gasteiger partial charge in [0.05, 0.1) is 17.3 Å². The van der Waals surface area contributed by atoms with Crippen LogP contribution in [0.15, 0.2) is 71.4 Å². The van der Waals surface area contributed by atoms with E-state index >= 15 is 0 Å². The summed E-state index contributed by atoms with van der Waals surface area (Å²) in [6, 6.07) is 20.7. The molecule has 2 aromatic carbocycles. The van der Waals surface area contributed by atoms with Gasteiger partial charge in [-0.15, -0.1) is 0 Å². The summed E-state index contributed by atoms with van der Waals surface area (Å²) in [4.78, 5) is 11.6. The predicted molar refractivity (Wildman–Crippen MR) is 141 cm³/mol. The Labute approximate surface area is 210 Å². The number of likely N-dealkylation sites (tertiary alicyclic amines) is 1. The molecule has 0 saturated carbocycles. The van der Waals surface area contributed by atoms with E-state index in [0.717, 1.165) is 68.3 Å². The van der Waals surface area contributed by atoms with Crippen molar-refractivity contribution in [2.45, 2.75) is 44.8 Å². The first-order chi connectivity index (χ1) is 17.6. The molecule has 3 aromatic heterocycles. The van der Waals surface area contributed by atoms with Crippen molar-refractivity contribution in [2.24, 2.45) is 0 Å². The van der Waals surface area contributed by atoms with Gasteiger partial charge in [-0.1, -0.05) is 60.6 Å². The van der Waals surface area contributed by atoms with Gasteiger partial charge < -0.3 is 19.1 Å². The van der Waals surface area contributed by atoms with E-state index in [1.165, 1.54) is 10.9 Å². The van der Waals surface area contributed by atoms with Gasteiger partial charge in [-0.05, 0) is 43.5 Å². The molecule has 36 heavy (non-hydrogen) atoms. The third-order valence-electron chi connectivity index (χ3n) is 7.51. The average Bonchev–Trinajstić information content (AvgIpc) is 3.53. The van der Waals surface area contributed by atoms with Gasteiger partial charge in [-0.3, -0.25) is 0 Å². The minimum atomic E-state index is -0.704. The summed E-state index contributed by atoms with van der Waals surface area (Å²) < 4.78 is 7.80. The Morgan fingerprint density at radius 3 is 2.50 bits per heavy atom. The van der Waals surface area contributed by atoms with Crippen LogP contribution in [0.3, 0.4) is 0 Å². The average molecular weight is 482 g/mol. The van der Waals surface area contributed by atoms with Crippen molar-refractivity contribution < 1.29 is 9.63 Å². The van der Waals surface area contributed by atoms with E-state index in [2.05, 4.69) is 54.9 Å². The minimum absolute atomic E-state index is 0.464. The molecule has 5 aromatic rings. The first kappa shape index (κ1) is 22.9. The summed E-state index contributed by atoms with van der Waals surface area (Å²) in [5.41, 5.74) is 3.37. The number of aliphatic hydroxyl groups is 1. The van der Waals surface area contributed by atoms with Gasteiger partial charge in [-0.25, -0.2) is 4.98 Å². The topological polar surface area (TPSA) is 80.2 Å². The Kier molecular flexibility index (Phi) is 6.03. The van der Waals surface area contributed by atoms with Crippen LogP contribution in [0, 0.1) is 0 Å². The highest BCUT2D eigenvalue weighted by Gasteiger charge is 2.33. The molecule has 1 aliphatic heterocycles. The maximum atomic E-state index is 11.1. The van der Waals surface area contributed by atoms with Crippen molar-refractivity contribution >= 4 is 21.8 Å². The molecule has 1 aliphatic rings. The molecule has 0 bridgehead atoms. The SMILES string of the molecule is CCc1noc(-c2cc3c4ccccc4n(CCCN4CCC(O)(c5ccccc5)CC4)c3cn2)n1. The number of aromatic nitrogens is 4. The van der Waals surface area contributed by atoms with Crippen LogP contribution in [0.25, 0.3) is 33.4 Å². The highest BCUT2D eigenvalue weighted by atomic mass is 16.5. The van der Waals surface area contributed by atoms with Crippen molar-refractivity contribution in [2.75, 3.05) is 19.6 Å². The molecule has 1 fully saturated rings. The van der Waals surface area contributed by atoms with Crippen LogP contribution >= 0.6 is 0 Å². The second-order valence-corrected chi connectivity index (χ2v) is 9.72. The van der Waals surface area contributed by atoms with Crippen molar-refractivity contribution in [3.63, 3.8) is 0 Å². The number of hydrogen-bond acceptors (Lipinski definition) is 6. The zero-order chi connectivity index (χ0) is 24.5. The van der Waals surface area contributed by atoms with Crippen molar-refractivity contribution in [1.29, 1.82) is 0 Å². The van der Waals surface area contributed by atoms with E-state index in [-0.39, 0.29) is 0 Å². The zero-order valence-electron chi connectivity index (χ0n) is 20.6. The van der Waals surface area contributed by atoms with Crippen LogP contribution in [0.2, 0.25) is 0 Å². The van der Waals surface area contributed by atoms with Gasteiger partial charge >= 0.3 is 0 Å². The van der Waals surface area contributed by atoms with Crippen LogP contribution < -0.4 is 0 Å². The number of para-hydroxylation sites is 1. The monoisotopic (exact) mass is 481 g/mol. The number of nitrogens with zero attached hydrogens (tertiary/aromatic N) is 5. The summed E-state index contributed by atoms with van der Waals surface area (Å²) in [6.45, 7) is 5.74. The molecule has 4 heterocycles. The third kappa shape index (κ3) is 4.18. The molecule has 7 heteroatoms. The lowest BCUT2D eigenvalue weighted by molar-refractivity contribution is -0.0261. The lowest BCUT2D eigenvalue weighted by Gasteiger charge is -2.38. The Hall–Kier alpha value is -3.55. The summed E-state index contributed by atoms with van der Waals surface area (Å²) >= 11 is 0. The molecular formula is C29H31N5O2. The van der Waals surface area contributed by atoms with Crippen LogP contribution in [0.5, 0.6) is 0 Å². The second kappa shape index (κ2) is 9.48. The largest absolute Gasteiger partial charge is 0.385 e. The molecule has 0 aliphatic carbocycles. The fraction of sp³-hybridized carbons (Fsp3) is 0.345. The third-order valence-corrected chi connectivity index (χ3v) is 7.51. The lowest BCUT2D eigenvalue weighted by Crippen LogP contribution is -2.43. The van der Waals surface area contributed by atoms with E-state index in [0.29, 0.717) is 17.4 Å². The molecule has 6 rings (SSSR count). The van der Waals surface area contributed by atoms with Crippen molar-refractivity contribution in [3.8, 4) is 11.6 Å². The van der Waals surface area contributed by atoms with Crippen LogP contribution in [0.1, 0.15) is 37.6 Å². The second-order valence-electron chi connectivity index (χ2n) is 9.72. The lowest BCUT2D eigenvalue weighted by atomic mass is 9.84. The summed E-state index contributed by atoms with van der Waals surface area (Å²) in [6.07, 6.45) is 5.24. The maximum absolute atomic E-state index is 11.1. The van der Waals surface area contributed by atoms with Crippen molar-refractivity contribution in [3.05, 3.63) is 78.2 Å². The quantitative estimate of drug-likeness (QED) is 0.345. The van der Waals surface area contributed by atoms with E-state index in [9.17, 15) is 5.11 Å². The number of aryl methyl sites for hydroxylation is 2. The highest BCUT2D eigenvalue weighted by Crippen LogP contribution is 2.33. The Morgan fingerprint density at radius 1 is 0.944 bits per heavy atom. The van der Waals surface area contributed by atoms with E-state index < -0.39 is 5.60 Å². The zero-order valence-corrected chi connectivity index (χ0v) is 20.6. The van der Waals surface area contributed by atoms with Crippen LogP contribution in [0.4, 0.5) is 0 Å². The molecule has 7 nitrogen and oxygen atoms in total. The maximum Gasteiger partial charge on any atom is 0.276 e. The molecule has 0 atom stereocenters. The fourth-order valence-corrected chi connectivity index (χ4v) is 5.44. The van der Waals surface area contributed by atoms with E-state index in [1.54, 1.807) is 0 Å². The summed E-state index contributed by atoms with van der Waals surface area (Å²) in [7, 11) is 0. The normalized spacial score (nSPS) is 16.2. The Morgan fingerprint density at radius 2 is 1.72 bits per heavy atom. The molecule has 184 valence electrons. The van der Waals surface area contributed by atoms with Crippen LogP contribution in [-0.4, -0.2) is 49.3 Å². The number of hydrogen-bond donors (Lipinski definition) is 1. The van der Waals surface area contributed by atoms with Crippen molar-refractivity contribution in [1.82, 2.24) is 24.6 Å². The molecule has 0 spiro atoms. The molecule has 0 unspecified atom stereocenters. The van der Waals surface area contributed by atoms with Gasteiger partial charge in [0.25, 0.3) is 5.89 Å². The molecule has 0 amide bonds. The first-order valence-corrected chi connectivity index (χ1v) is 12.8. The smallest absolute Gasteiger partial charge is 0.276 e. The minimum Gasteiger partial charge on any atom is -0.385 e. The van der Waals surface area contributed by atoms with Gasteiger partial charge in [0.2, 0.25) is 0 Å². The van der Waals surface area contributed by atoms with E-state index in [1.807, 2.05) is 43.5 Å². The standard InChI is InChI=1S/C29H31N5O2/c1-2-27-31-28(36-32-27)24-19-23-22-11-6-7-12-25(22)34(26(23)20-30-24)16-8-15-33-17-13-29(35,14-18-33)21-9-4-3-5-10-21/h3-7,9-12,19-20,35H,2,8,13-18H2,1H3. The molecule has 1 saturated heterocycles. The number of pyridine rings is 1.